The van der Waals surface area contributed by atoms with Gasteiger partial charge in [0.25, 0.3) is 0 Å². The highest BCUT2D eigenvalue weighted by atomic mass is 16.2. The molecule has 3 nitrogen and oxygen atoms in total. The molecular weight excluding hydrogens is 200 g/mol. The molecule has 0 atom stereocenters. The third-order valence-corrected chi connectivity index (χ3v) is 3.34. The van der Waals surface area contributed by atoms with E-state index in [2.05, 4.69) is 31.0 Å². The van der Waals surface area contributed by atoms with Crippen LogP contribution in [0.25, 0.3) is 0 Å². The highest BCUT2D eigenvalue weighted by molar-refractivity contribution is 5.78. The minimum absolute atomic E-state index is 0.267. The summed E-state index contributed by atoms with van der Waals surface area (Å²) in [6.45, 7) is 7.57. The van der Waals surface area contributed by atoms with Crippen LogP contribution >= 0.6 is 0 Å². The summed E-state index contributed by atoms with van der Waals surface area (Å²) in [5.74, 6) is 0.267. The van der Waals surface area contributed by atoms with Gasteiger partial charge in [-0.15, -0.1) is 0 Å². The molecule has 0 saturated heterocycles. The number of carbonyl (C=O) groups is 1. The zero-order valence-corrected chi connectivity index (χ0v) is 11.0. The zero-order chi connectivity index (χ0) is 12.0. The normalized spacial score (nSPS) is 17.8. The van der Waals surface area contributed by atoms with Crippen molar-refractivity contribution in [3.63, 3.8) is 0 Å². The predicted molar refractivity (Wildman–Crippen MR) is 67.4 cm³/mol. The predicted octanol–water partition coefficient (Wildman–Crippen LogP) is 2.17. The number of hydrogen-bond donors (Lipinski definition) is 1. The lowest BCUT2D eigenvalue weighted by Gasteiger charge is -2.34. The van der Waals surface area contributed by atoms with Crippen molar-refractivity contribution >= 4 is 5.91 Å². The van der Waals surface area contributed by atoms with Gasteiger partial charge in [0.1, 0.15) is 0 Å². The van der Waals surface area contributed by atoms with Gasteiger partial charge in [-0.2, -0.15) is 0 Å². The van der Waals surface area contributed by atoms with Crippen molar-refractivity contribution in [3.05, 3.63) is 0 Å². The van der Waals surface area contributed by atoms with Gasteiger partial charge < -0.3 is 10.2 Å². The maximum Gasteiger partial charge on any atom is 0.236 e. The summed E-state index contributed by atoms with van der Waals surface area (Å²) in [5, 5.41) is 3.21. The van der Waals surface area contributed by atoms with Crippen LogP contribution in [-0.4, -0.2) is 36.0 Å². The number of carbonyl (C=O) groups excluding carboxylic acids is 1. The summed E-state index contributed by atoms with van der Waals surface area (Å²) in [6.07, 6.45) is 6.30. The molecule has 1 N–H and O–H groups in total. The Balaban J connectivity index is 2.41. The number of nitrogens with zero attached hydrogens (tertiary/aromatic N) is 1. The number of nitrogens with one attached hydrogen (secondary N) is 1. The number of amides is 1. The fourth-order valence-corrected chi connectivity index (χ4v) is 2.42. The van der Waals surface area contributed by atoms with Gasteiger partial charge >= 0.3 is 0 Å². The molecule has 0 radical (unpaired) electrons. The van der Waals surface area contributed by atoms with Gasteiger partial charge in [0, 0.05) is 18.6 Å². The maximum atomic E-state index is 12.0. The molecule has 1 amide bonds. The van der Waals surface area contributed by atoms with E-state index in [0.29, 0.717) is 18.6 Å². The first-order chi connectivity index (χ1) is 7.65. The van der Waals surface area contributed by atoms with Gasteiger partial charge in [0.2, 0.25) is 5.91 Å². The first kappa shape index (κ1) is 13.5. The second-order valence-corrected chi connectivity index (χ2v) is 5.01. The molecule has 16 heavy (non-hydrogen) atoms. The van der Waals surface area contributed by atoms with Crippen molar-refractivity contribution in [1.29, 1.82) is 0 Å². The molecule has 1 fully saturated rings. The Labute approximate surface area is 99.6 Å². The lowest BCUT2D eigenvalue weighted by atomic mass is 9.94. The Morgan fingerprint density at radius 1 is 1.31 bits per heavy atom. The fourth-order valence-electron chi connectivity index (χ4n) is 2.42. The highest BCUT2D eigenvalue weighted by Gasteiger charge is 2.23. The monoisotopic (exact) mass is 226 g/mol. The Kier molecular flexibility index (Phi) is 5.81. The van der Waals surface area contributed by atoms with Gasteiger partial charge in [-0.05, 0) is 19.8 Å². The Morgan fingerprint density at radius 3 is 2.44 bits per heavy atom. The minimum Gasteiger partial charge on any atom is -0.339 e. The summed E-state index contributed by atoms with van der Waals surface area (Å²) < 4.78 is 0. The Hall–Kier alpha value is -0.570. The summed E-state index contributed by atoms with van der Waals surface area (Å²) in [7, 11) is 0. The molecule has 1 rings (SSSR count). The van der Waals surface area contributed by atoms with Crippen LogP contribution in [0.1, 0.15) is 52.9 Å². The van der Waals surface area contributed by atoms with Crippen molar-refractivity contribution in [2.24, 2.45) is 0 Å². The van der Waals surface area contributed by atoms with Gasteiger partial charge in [0.15, 0.2) is 0 Å². The first-order valence-corrected chi connectivity index (χ1v) is 6.68. The molecule has 0 spiro atoms. The fraction of sp³-hybridized carbons (Fsp3) is 0.923. The lowest BCUT2D eigenvalue weighted by Crippen LogP contribution is -2.46. The summed E-state index contributed by atoms with van der Waals surface area (Å²) >= 11 is 0. The Bertz CT molecular complexity index is 210. The van der Waals surface area contributed by atoms with Gasteiger partial charge in [-0.1, -0.05) is 33.1 Å². The maximum absolute atomic E-state index is 12.0. The molecule has 0 aliphatic heterocycles. The third kappa shape index (κ3) is 4.12. The molecule has 0 aromatic heterocycles. The molecule has 0 heterocycles. The van der Waals surface area contributed by atoms with Crippen molar-refractivity contribution < 1.29 is 4.79 Å². The summed E-state index contributed by atoms with van der Waals surface area (Å²) in [5.41, 5.74) is 0. The summed E-state index contributed by atoms with van der Waals surface area (Å²) in [4.78, 5) is 14.1. The largest absolute Gasteiger partial charge is 0.339 e. The van der Waals surface area contributed by atoms with Gasteiger partial charge in [0.05, 0.1) is 6.54 Å². The van der Waals surface area contributed by atoms with Crippen molar-refractivity contribution in [3.8, 4) is 0 Å². The molecule has 0 bridgehead atoms. The van der Waals surface area contributed by atoms with Crippen LogP contribution in [0, 0.1) is 0 Å². The Morgan fingerprint density at radius 2 is 1.94 bits per heavy atom. The van der Waals surface area contributed by atoms with Crippen LogP contribution < -0.4 is 5.32 Å². The van der Waals surface area contributed by atoms with Crippen LogP contribution in [-0.2, 0) is 4.79 Å². The van der Waals surface area contributed by atoms with Gasteiger partial charge in [-0.25, -0.2) is 0 Å². The van der Waals surface area contributed by atoms with Gasteiger partial charge in [-0.3, -0.25) is 4.79 Å². The molecule has 0 aromatic carbocycles. The third-order valence-electron chi connectivity index (χ3n) is 3.34. The lowest BCUT2D eigenvalue weighted by molar-refractivity contribution is -0.133. The van der Waals surface area contributed by atoms with E-state index in [9.17, 15) is 4.79 Å². The molecule has 1 saturated carbocycles. The molecular formula is C13H26N2O. The van der Waals surface area contributed by atoms with E-state index in [1.165, 1.54) is 32.1 Å². The van der Waals surface area contributed by atoms with E-state index in [0.717, 1.165) is 6.54 Å². The molecule has 0 aromatic rings. The van der Waals surface area contributed by atoms with Crippen LogP contribution in [0.5, 0.6) is 0 Å². The SMILES string of the molecule is CCN(C(=O)CNC(C)C)C1CCCCC1. The highest BCUT2D eigenvalue weighted by Crippen LogP contribution is 2.22. The summed E-state index contributed by atoms with van der Waals surface area (Å²) in [6, 6.07) is 0.884. The van der Waals surface area contributed by atoms with Crippen molar-refractivity contribution in [2.45, 2.75) is 65.0 Å². The smallest absolute Gasteiger partial charge is 0.236 e. The number of likely N-dealkylation sites (N-methyl/N-ethyl adjacent to an activating group) is 1. The average molecular weight is 226 g/mol. The van der Waals surface area contributed by atoms with Crippen LogP contribution in [0.2, 0.25) is 0 Å². The van der Waals surface area contributed by atoms with Crippen molar-refractivity contribution in [2.75, 3.05) is 13.1 Å². The second kappa shape index (κ2) is 6.89. The molecule has 94 valence electrons. The van der Waals surface area contributed by atoms with Crippen LogP contribution in [0.3, 0.4) is 0 Å². The van der Waals surface area contributed by atoms with E-state index in [1.807, 2.05) is 0 Å². The minimum atomic E-state index is 0.267. The quantitative estimate of drug-likeness (QED) is 0.779. The van der Waals surface area contributed by atoms with Crippen molar-refractivity contribution in [1.82, 2.24) is 10.2 Å². The number of rotatable bonds is 5. The molecule has 3 heteroatoms. The average Bonchev–Trinajstić information content (AvgIpc) is 2.29. The van der Waals surface area contributed by atoms with E-state index in [1.54, 1.807) is 0 Å². The molecule has 1 aliphatic rings. The topological polar surface area (TPSA) is 32.3 Å². The van der Waals surface area contributed by atoms with E-state index in [-0.39, 0.29) is 5.91 Å². The standard InChI is InChI=1S/C13H26N2O/c1-4-15(12-8-6-5-7-9-12)13(16)10-14-11(2)3/h11-12,14H,4-10H2,1-3H3. The second-order valence-electron chi connectivity index (χ2n) is 5.01. The van der Waals surface area contributed by atoms with E-state index < -0.39 is 0 Å². The van der Waals surface area contributed by atoms with E-state index in [4.69, 9.17) is 0 Å². The number of hydrogen-bond acceptors (Lipinski definition) is 2. The van der Waals surface area contributed by atoms with Crippen LogP contribution in [0.15, 0.2) is 0 Å². The molecule has 0 unspecified atom stereocenters. The van der Waals surface area contributed by atoms with Crippen LogP contribution in [0.4, 0.5) is 0 Å². The zero-order valence-electron chi connectivity index (χ0n) is 11.0. The van der Waals surface area contributed by atoms with E-state index >= 15 is 0 Å². The first-order valence-electron chi connectivity index (χ1n) is 6.68. The molecule has 1 aliphatic carbocycles.